The smallest absolute Gasteiger partial charge is 0.195 e. The SMILES string of the molecule is CNC1=CCN(c2c(C)cccc2C)[N+]([O-])=N1.Cl. The standard InChI is InChI=1S/C12H16N4O.ClH/c1-9-5-4-6-10(2)12(9)15-8-7-11(13-3)14-16(15)17;/h4-7,13H,8H2,1-3H3;1H. The molecule has 2 rings (SSSR count). The lowest BCUT2D eigenvalue weighted by molar-refractivity contribution is -0.542. The number of nitrogens with one attached hydrogen (secondary N) is 1. The van der Waals surface area contributed by atoms with Crippen molar-refractivity contribution < 1.29 is 4.97 Å². The number of benzene rings is 1. The van der Waals surface area contributed by atoms with Gasteiger partial charge in [-0.25, -0.2) is 0 Å². The zero-order valence-electron chi connectivity index (χ0n) is 10.7. The molecule has 0 atom stereocenters. The molecule has 6 heteroatoms. The first-order chi connectivity index (χ1) is 8.13. The van der Waals surface area contributed by atoms with Crippen LogP contribution in [-0.4, -0.2) is 18.6 Å². The lowest BCUT2D eigenvalue weighted by atomic mass is 10.1. The number of aryl methyl sites for hydroxylation is 2. The summed E-state index contributed by atoms with van der Waals surface area (Å²) in [6.07, 6.45) is 1.89. The predicted molar refractivity (Wildman–Crippen MR) is 73.7 cm³/mol. The summed E-state index contributed by atoms with van der Waals surface area (Å²) in [4.78, 5) is 0.640. The van der Waals surface area contributed by atoms with Crippen LogP contribution in [0.5, 0.6) is 0 Å². The number of halogens is 1. The third-order valence-corrected chi connectivity index (χ3v) is 2.81. The van der Waals surface area contributed by atoms with Crippen molar-refractivity contribution in [2.45, 2.75) is 13.8 Å². The van der Waals surface area contributed by atoms with E-state index in [1.165, 1.54) is 0 Å². The molecule has 0 aliphatic carbocycles. The van der Waals surface area contributed by atoms with E-state index in [2.05, 4.69) is 10.4 Å². The van der Waals surface area contributed by atoms with Gasteiger partial charge < -0.3 is 10.5 Å². The lowest BCUT2D eigenvalue weighted by Crippen LogP contribution is -2.35. The maximum atomic E-state index is 11.9. The van der Waals surface area contributed by atoms with Crippen LogP contribution in [-0.2, 0) is 0 Å². The van der Waals surface area contributed by atoms with Crippen molar-refractivity contribution in [2.24, 2.45) is 5.11 Å². The molecular weight excluding hydrogens is 252 g/mol. The highest BCUT2D eigenvalue weighted by molar-refractivity contribution is 5.85. The van der Waals surface area contributed by atoms with Crippen LogP contribution >= 0.6 is 12.4 Å². The number of hydrazine groups is 1. The minimum atomic E-state index is 0. The van der Waals surface area contributed by atoms with Crippen molar-refractivity contribution in [3.63, 3.8) is 0 Å². The van der Waals surface area contributed by atoms with Crippen LogP contribution in [0.25, 0.3) is 0 Å². The minimum Gasteiger partial charge on any atom is -0.571 e. The van der Waals surface area contributed by atoms with Gasteiger partial charge in [-0.1, -0.05) is 18.2 Å². The average molecular weight is 269 g/mol. The van der Waals surface area contributed by atoms with Gasteiger partial charge in [-0.3, -0.25) is 0 Å². The lowest BCUT2D eigenvalue weighted by Gasteiger charge is -2.23. The maximum absolute atomic E-state index is 11.9. The molecule has 1 heterocycles. The Morgan fingerprint density at radius 1 is 1.33 bits per heavy atom. The predicted octanol–water partition coefficient (Wildman–Crippen LogP) is 2.48. The molecule has 0 fully saturated rings. The Morgan fingerprint density at radius 2 is 1.94 bits per heavy atom. The molecule has 0 saturated carbocycles. The summed E-state index contributed by atoms with van der Waals surface area (Å²) in [7, 11) is 1.75. The van der Waals surface area contributed by atoms with E-state index in [1.54, 1.807) is 12.1 Å². The highest BCUT2D eigenvalue weighted by atomic mass is 35.5. The Hall–Kier alpha value is -1.75. The summed E-state index contributed by atoms with van der Waals surface area (Å²) >= 11 is 0. The first-order valence-corrected chi connectivity index (χ1v) is 5.54. The van der Waals surface area contributed by atoms with Gasteiger partial charge in [0.15, 0.2) is 5.82 Å². The third-order valence-electron chi connectivity index (χ3n) is 2.81. The second-order valence-electron chi connectivity index (χ2n) is 4.01. The largest absolute Gasteiger partial charge is 0.571 e. The number of para-hydroxylation sites is 1. The van der Waals surface area contributed by atoms with Gasteiger partial charge in [0.1, 0.15) is 12.2 Å². The van der Waals surface area contributed by atoms with Crippen LogP contribution in [0.4, 0.5) is 5.69 Å². The van der Waals surface area contributed by atoms with Crippen molar-refractivity contribution in [3.05, 3.63) is 46.4 Å². The first-order valence-electron chi connectivity index (χ1n) is 5.54. The Bertz CT molecular complexity index is 479. The zero-order chi connectivity index (χ0) is 12.4. The molecule has 0 unspecified atom stereocenters. The Morgan fingerprint density at radius 3 is 2.44 bits per heavy atom. The summed E-state index contributed by atoms with van der Waals surface area (Å²) in [6.45, 7) is 4.51. The van der Waals surface area contributed by atoms with Gasteiger partial charge in [0.25, 0.3) is 0 Å². The van der Waals surface area contributed by atoms with Crippen molar-refractivity contribution in [1.29, 1.82) is 0 Å². The number of hydrogen-bond donors (Lipinski definition) is 1. The van der Waals surface area contributed by atoms with E-state index in [0.29, 0.717) is 17.3 Å². The number of nitrogens with zero attached hydrogens (tertiary/aromatic N) is 3. The van der Waals surface area contributed by atoms with E-state index in [4.69, 9.17) is 0 Å². The van der Waals surface area contributed by atoms with Gasteiger partial charge in [-0.05, 0) is 31.1 Å². The fraction of sp³-hybridized carbons (Fsp3) is 0.333. The molecule has 1 aliphatic heterocycles. The first kappa shape index (κ1) is 14.3. The molecule has 0 spiro atoms. The maximum Gasteiger partial charge on any atom is 0.195 e. The van der Waals surface area contributed by atoms with Gasteiger partial charge in [-0.2, -0.15) is 0 Å². The van der Waals surface area contributed by atoms with Crippen LogP contribution in [0.2, 0.25) is 0 Å². The molecule has 5 nitrogen and oxygen atoms in total. The van der Waals surface area contributed by atoms with Crippen molar-refractivity contribution in [1.82, 2.24) is 5.32 Å². The van der Waals surface area contributed by atoms with E-state index < -0.39 is 0 Å². The normalized spacial score (nSPS) is 14.5. The molecule has 1 aromatic carbocycles. The summed E-state index contributed by atoms with van der Waals surface area (Å²) in [5.74, 6) is 0.600. The van der Waals surface area contributed by atoms with E-state index in [1.807, 2.05) is 38.1 Å². The van der Waals surface area contributed by atoms with Crippen LogP contribution in [0.3, 0.4) is 0 Å². The molecular formula is C12H17ClN4O. The molecule has 1 aromatic rings. The topological polar surface area (TPSA) is 53.7 Å². The van der Waals surface area contributed by atoms with E-state index >= 15 is 0 Å². The fourth-order valence-electron chi connectivity index (χ4n) is 1.97. The highest BCUT2D eigenvalue weighted by Gasteiger charge is 2.22. The molecule has 0 amide bonds. The second-order valence-corrected chi connectivity index (χ2v) is 4.01. The Balaban J connectivity index is 0.00000162. The van der Waals surface area contributed by atoms with E-state index in [-0.39, 0.29) is 12.4 Å². The van der Waals surface area contributed by atoms with Gasteiger partial charge in [0.05, 0.1) is 5.11 Å². The summed E-state index contributed by atoms with van der Waals surface area (Å²) in [5, 5.41) is 20.2. The van der Waals surface area contributed by atoms with Gasteiger partial charge in [0.2, 0.25) is 0 Å². The van der Waals surface area contributed by atoms with E-state index in [0.717, 1.165) is 16.8 Å². The fourth-order valence-corrected chi connectivity index (χ4v) is 1.97. The summed E-state index contributed by atoms with van der Waals surface area (Å²) < 4.78 is 0. The molecule has 0 radical (unpaired) electrons. The average Bonchev–Trinajstić information content (AvgIpc) is 2.30. The van der Waals surface area contributed by atoms with Crippen LogP contribution in [0.15, 0.2) is 35.2 Å². The molecule has 98 valence electrons. The van der Waals surface area contributed by atoms with Gasteiger partial charge in [-0.15, -0.1) is 17.4 Å². The quantitative estimate of drug-likeness (QED) is 0.662. The Kier molecular flexibility index (Phi) is 4.55. The second kappa shape index (κ2) is 5.73. The van der Waals surface area contributed by atoms with E-state index in [9.17, 15) is 5.21 Å². The van der Waals surface area contributed by atoms with Gasteiger partial charge >= 0.3 is 0 Å². The summed E-state index contributed by atoms with van der Waals surface area (Å²) in [5.41, 5.74) is 3.07. The van der Waals surface area contributed by atoms with Crippen LogP contribution < -0.4 is 10.3 Å². The molecule has 0 saturated heterocycles. The molecule has 18 heavy (non-hydrogen) atoms. The van der Waals surface area contributed by atoms with Crippen molar-refractivity contribution in [3.8, 4) is 0 Å². The number of anilines is 1. The zero-order valence-corrected chi connectivity index (χ0v) is 11.5. The van der Waals surface area contributed by atoms with Crippen LogP contribution in [0, 0.1) is 19.1 Å². The van der Waals surface area contributed by atoms with Crippen molar-refractivity contribution >= 4 is 18.1 Å². The molecule has 1 N–H and O–H groups in total. The number of rotatable bonds is 2. The Labute approximate surface area is 113 Å². The minimum absolute atomic E-state index is 0. The highest BCUT2D eigenvalue weighted by Crippen LogP contribution is 2.26. The van der Waals surface area contributed by atoms with Gasteiger partial charge in [0, 0.05) is 12.0 Å². The summed E-state index contributed by atoms with van der Waals surface area (Å²) in [6, 6.07) is 5.97. The molecule has 0 aromatic heterocycles. The van der Waals surface area contributed by atoms with Crippen LogP contribution in [0.1, 0.15) is 11.1 Å². The number of hydrogen-bond acceptors (Lipinski definition) is 4. The third kappa shape index (κ3) is 2.56. The monoisotopic (exact) mass is 268 g/mol. The van der Waals surface area contributed by atoms with Crippen molar-refractivity contribution in [2.75, 3.05) is 18.6 Å². The molecule has 0 bridgehead atoms. The molecule has 1 aliphatic rings.